The van der Waals surface area contributed by atoms with Gasteiger partial charge in [0.1, 0.15) is 0 Å². The fourth-order valence-electron chi connectivity index (χ4n) is 1.29. The number of nitrogens with one attached hydrogen (secondary N) is 1. The van der Waals surface area contributed by atoms with E-state index >= 15 is 0 Å². The van der Waals surface area contributed by atoms with Crippen molar-refractivity contribution in [1.29, 1.82) is 0 Å². The van der Waals surface area contributed by atoms with Crippen molar-refractivity contribution in [2.24, 2.45) is 5.84 Å². The molecule has 8 heteroatoms. The molecule has 0 saturated carbocycles. The van der Waals surface area contributed by atoms with Crippen LogP contribution >= 0.6 is 11.8 Å². The number of thioether (sulfide) groups is 1. The Balaban J connectivity index is 2.17. The molecule has 1 aromatic carbocycles. The van der Waals surface area contributed by atoms with E-state index in [0.717, 1.165) is 11.3 Å². The van der Waals surface area contributed by atoms with Crippen LogP contribution in [0.5, 0.6) is 0 Å². The van der Waals surface area contributed by atoms with Crippen molar-refractivity contribution in [3.63, 3.8) is 0 Å². The molecule has 18 heavy (non-hydrogen) atoms. The topological polar surface area (TPSA) is 98.7 Å². The number of hydrazine groups is 1. The van der Waals surface area contributed by atoms with Crippen LogP contribution in [0.15, 0.2) is 29.4 Å². The minimum absolute atomic E-state index is 0.169. The van der Waals surface area contributed by atoms with Crippen LogP contribution in [0.2, 0.25) is 0 Å². The zero-order chi connectivity index (χ0) is 13.0. The molecule has 0 atom stereocenters. The summed E-state index contributed by atoms with van der Waals surface area (Å²) in [5, 5.41) is 11.9. The van der Waals surface area contributed by atoms with E-state index in [-0.39, 0.29) is 11.7 Å². The van der Waals surface area contributed by atoms with Crippen molar-refractivity contribution in [1.82, 2.24) is 25.6 Å². The highest BCUT2D eigenvalue weighted by atomic mass is 32.2. The van der Waals surface area contributed by atoms with E-state index in [2.05, 4.69) is 21.0 Å². The lowest BCUT2D eigenvalue weighted by Gasteiger charge is -2.04. The number of tetrazole rings is 1. The summed E-state index contributed by atoms with van der Waals surface area (Å²) in [4.78, 5) is 11.1. The molecule has 94 valence electrons. The Morgan fingerprint density at radius 1 is 1.44 bits per heavy atom. The summed E-state index contributed by atoms with van der Waals surface area (Å²) in [5.41, 5.74) is 4.06. The number of aryl methyl sites for hydroxylation is 1. The van der Waals surface area contributed by atoms with E-state index < -0.39 is 0 Å². The van der Waals surface area contributed by atoms with Crippen molar-refractivity contribution in [3.8, 4) is 5.69 Å². The van der Waals surface area contributed by atoms with Gasteiger partial charge >= 0.3 is 0 Å². The summed E-state index contributed by atoms with van der Waals surface area (Å²) < 4.78 is 1.58. The van der Waals surface area contributed by atoms with Crippen LogP contribution in [0.3, 0.4) is 0 Å². The van der Waals surface area contributed by atoms with Gasteiger partial charge < -0.3 is 0 Å². The highest BCUT2D eigenvalue weighted by Crippen LogP contribution is 2.17. The number of aromatic nitrogens is 4. The van der Waals surface area contributed by atoms with Gasteiger partial charge in [-0.2, -0.15) is 4.68 Å². The first-order chi connectivity index (χ1) is 8.70. The monoisotopic (exact) mass is 264 g/mol. The third-order valence-electron chi connectivity index (χ3n) is 2.21. The lowest BCUT2D eigenvalue weighted by molar-refractivity contribution is -0.118. The molecule has 0 fully saturated rings. The first-order valence-electron chi connectivity index (χ1n) is 5.18. The first-order valence-corrected chi connectivity index (χ1v) is 6.17. The van der Waals surface area contributed by atoms with Crippen molar-refractivity contribution in [2.45, 2.75) is 12.1 Å². The number of nitrogens with two attached hydrogens (primary N) is 1. The van der Waals surface area contributed by atoms with E-state index in [0.29, 0.717) is 5.16 Å². The number of hydrogen-bond donors (Lipinski definition) is 2. The molecule has 0 spiro atoms. The van der Waals surface area contributed by atoms with Gasteiger partial charge in [0.2, 0.25) is 11.1 Å². The number of carbonyl (C=O) groups is 1. The van der Waals surface area contributed by atoms with Gasteiger partial charge in [-0.25, -0.2) is 5.84 Å². The molecule has 0 radical (unpaired) electrons. The Morgan fingerprint density at radius 3 is 2.83 bits per heavy atom. The normalized spacial score (nSPS) is 10.3. The van der Waals surface area contributed by atoms with Crippen molar-refractivity contribution in [2.75, 3.05) is 5.75 Å². The number of carbonyl (C=O) groups excluding carboxylic acids is 1. The SMILES string of the molecule is Cc1ccc(-n2nnnc2SCC(=O)NN)cc1. The van der Waals surface area contributed by atoms with Gasteiger partial charge in [0, 0.05) is 0 Å². The van der Waals surface area contributed by atoms with Crippen molar-refractivity contribution in [3.05, 3.63) is 29.8 Å². The van der Waals surface area contributed by atoms with Gasteiger partial charge in [-0.05, 0) is 29.5 Å². The van der Waals surface area contributed by atoms with Crippen LogP contribution in [0.1, 0.15) is 5.56 Å². The van der Waals surface area contributed by atoms with Crippen LogP contribution < -0.4 is 11.3 Å². The van der Waals surface area contributed by atoms with Crippen LogP contribution in [0.4, 0.5) is 0 Å². The summed E-state index contributed by atoms with van der Waals surface area (Å²) in [6.45, 7) is 2.00. The fourth-order valence-corrected chi connectivity index (χ4v) is 1.99. The molecule has 0 aliphatic heterocycles. The molecule has 7 nitrogen and oxygen atoms in total. The second-order valence-electron chi connectivity index (χ2n) is 3.57. The molecule has 0 aliphatic carbocycles. The summed E-state index contributed by atoms with van der Waals surface area (Å²) in [7, 11) is 0. The number of rotatable bonds is 4. The number of amides is 1. The average Bonchev–Trinajstić information content (AvgIpc) is 2.85. The molecule has 3 N–H and O–H groups in total. The highest BCUT2D eigenvalue weighted by molar-refractivity contribution is 7.99. The molecule has 2 rings (SSSR count). The maximum absolute atomic E-state index is 11.1. The van der Waals surface area contributed by atoms with Gasteiger partial charge in [-0.15, -0.1) is 5.10 Å². The Bertz CT molecular complexity index is 538. The van der Waals surface area contributed by atoms with Crippen molar-refractivity contribution < 1.29 is 4.79 Å². The van der Waals surface area contributed by atoms with E-state index in [1.54, 1.807) is 4.68 Å². The third kappa shape index (κ3) is 2.84. The van der Waals surface area contributed by atoms with Crippen molar-refractivity contribution >= 4 is 17.7 Å². The smallest absolute Gasteiger partial charge is 0.244 e. The molecular formula is C10H12N6OS. The zero-order valence-corrected chi connectivity index (χ0v) is 10.5. The molecule has 0 unspecified atom stereocenters. The van der Waals surface area contributed by atoms with Gasteiger partial charge in [0.25, 0.3) is 0 Å². The standard InChI is InChI=1S/C10H12N6OS/c1-7-2-4-8(5-3-7)16-10(13-14-15-16)18-6-9(17)12-11/h2-5H,6,11H2,1H3,(H,12,17). The molecular weight excluding hydrogens is 252 g/mol. The summed E-state index contributed by atoms with van der Waals surface area (Å²) in [6.07, 6.45) is 0. The Kier molecular flexibility index (Phi) is 3.90. The van der Waals surface area contributed by atoms with E-state index in [1.807, 2.05) is 31.2 Å². The lowest BCUT2D eigenvalue weighted by atomic mass is 10.2. The fraction of sp³-hybridized carbons (Fsp3) is 0.200. The van der Waals surface area contributed by atoms with E-state index in [1.165, 1.54) is 11.8 Å². The maximum Gasteiger partial charge on any atom is 0.244 e. The van der Waals surface area contributed by atoms with Crippen LogP contribution in [-0.4, -0.2) is 31.9 Å². The maximum atomic E-state index is 11.1. The number of nitrogens with zero attached hydrogens (tertiary/aromatic N) is 4. The molecule has 0 bridgehead atoms. The zero-order valence-electron chi connectivity index (χ0n) is 9.70. The summed E-state index contributed by atoms with van der Waals surface area (Å²) in [6, 6.07) is 7.77. The predicted molar refractivity (Wildman–Crippen MR) is 66.9 cm³/mol. The van der Waals surface area contributed by atoms with Crippen LogP contribution in [-0.2, 0) is 4.79 Å². The molecule has 0 saturated heterocycles. The van der Waals surface area contributed by atoms with E-state index in [9.17, 15) is 4.79 Å². The highest BCUT2D eigenvalue weighted by Gasteiger charge is 2.10. The Morgan fingerprint density at radius 2 is 2.17 bits per heavy atom. The summed E-state index contributed by atoms with van der Waals surface area (Å²) >= 11 is 1.22. The first kappa shape index (κ1) is 12.5. The molecule has 1 aromatic heterocycles. The average molecular weight is 264 g/mol. The Hall–Kier alpha value is -1.93. The second kappa shape index (κ2) is 5.61. The molecule has 1 amide bonds. The van der Waals surface area contributed by atoms with Crippen LogP contribution in [0, 0.1) is 6.92 Å². The lowest BCUT2D eigenvalue weighted by Crippen LogP contribution is -2.31. The number of hydrogen-bond acceptors (Lipinski definition) is 6. The predicted octanol–water partition coefficient (Wildman–Crippen LogP) is 0.0527. The largest absolute Gasteiger partial charge is 0.294 e. The van der Waals surface area contributed by atoms with Crippen LogP contribution in [0.25, 0.3) is 5.69 Å². The molecule has 1 heterocycles. The Labute approximate surface area is 108 Å². The van der Waals surface area contributed by atoms with Gasteiger partial charge in [-0.1, -0.05) is 29.5 Å². The quantitative estimate of drug-likeness (QED) is 0.350. The molecule has 0 aliphatic rings. The van der Waals surface area contributed by atoms with E-state index in [4.69, 9.17) is 5.84 Å². The summed E-state index contributed by atoms with van der Waals surface area (Å²) in [5.74, 6) is 4.90. The molecule has 2 aromatic rings. The van der Waals surface area contributed by atoms with Gasteiger partial charge in [0.05, 0.1) is 11.4 Å². The van der Waals surface area contributed by atoms with Gasteiger partial charge in [-0.3, -0.25) is 10.2 Å². The minimum atomic E-state index is -0.279. The minimum Gasteiger partial charge on any atom is -0.294 e. The number of benzene rings is 1. The second-order valence-corrected chi connectivity index (χ2v) is 4.51. The third-order valence-corrected chi connectivity index (χ3v) is 3.13. The van der Waals surface area contributed by atoms with Gasteiger partial charge in [0.15, 0.2) is 0 Å².